The highest BCUT2D eigenvalue weighted by Crippen LogP contribution is 2.16. The second kappa shape index (κ2) is 5.88. The summed E-state index contributed by atoms with van der Waals surface area (Å²) in [6.07, 6.45) is 6.67. The molecular weight excluding hydrogens is 332 g/mol. The maximum Gasteiger partial charge on any atom is 0.257 e. The summed E-state index contributed by atoms with van der Waals surface area (Å²) in [4.78, 5) is 20.4. The average molecular weight is 343 g/mol. The Morgan fingerprint density at radius 3 is 2.81 bits per heavy atom. The monoisotopic (exact) mass is 342 g/mol. The molecule has 6 heteroatoms. The zero-order valence-corrected chi connectivity index (χ0v) is 12.5. The molecule has 1 amide bonds. The standard InChI is InChI=1S/C15H11BrN4O/c16-12-2-1-3-13(8-12)19-15(21)11-4-5-14(18-9-11)20-7-6-17-10-20/h1-10H,(H,19,21). The van der Waals surface area contributed by atoms with Gasteiger partial charge in [0.1, 0.15) is 12.1 Å². The molecule has 0 bridgehead atoms. The van der Waals surface area contributed by atoms with Crippen molar-refractivity contribution in [2.75, 3.05) is 5.32 Å². The van der Waals surface area contributed by atoms with Gasteiger partial charge in [0, 0.05) is 28.8 Å². The highest BCUT2D eigenvalue weighted by molar-refractivity contribution is 9.10. The Labute approximate surface area is 129 Å². The van der Waals surface area contributed by atoms with Crippen LogP contribution in [0.3, 0.4) is 0 Å². The van der Waals surface area contributed by atoms with Gasteiger partial charge in [0.25, 0.3) is 5.91 Å². The number of carbonyl (C=O) groups excluding carboxylic acids is 1. The summed E-state index contributed by atoms with van der Waals surface area (Å²) in [5, 5.41) is 2.83. The van der Waals surface area contributed by atoms with E-state index in [2.05, 4.69) is 31.2 Å². The van der Waals surface area contributed by atoms with Crippen LogP contribution in [0.15, 0.2) is 65.8 Å². The molecule has 0 saturated carbocycles. The molecule has 3 rings (SSSR count). The van der Waals surface area contributed by atoms with Crippen molar-refractivity contribution in [2.45, 2.75) is 0 Å². The first-order valence-corrected chi connectivity index (χ1v) is 7.03. The lowest BCUT2D eigenvalue weighted by Gasteiger charge is -2.06. The molecule has 1 aromatic carbocycles. The molecule has 0 atom stereocenters. The third-order valence-corrected chi connectivity index (χ3v) is 3.35. The van der Waals surface area contributed by atoms with E-state index in [1.54, 1.807) is 41.6 Å². The molecule has 0 radical (unpaired) electrons. The van der Waals surface area contributed by atoms with Crippen LogP contribution in [-0.4, -0.2) is 20.4 Å². The second-order valence-corrected chi connectivity index (χ2v) is 5.26. The van der Waals surface area contributed by atoms with Crippen molar-refractivity contribution < 1.29 is 4.79 Å². The number of anilines is 1. The molecule has 2 aromatic heterocycles. The highest BCUT2D eigenvalue weighted by Gasteiger charge is 2.07. The number of benzene rings is 1. The van der Waals surface area contributed by atoms with Gasteiger partial charge in [0.15, 0.2) is 0 Å². The van der Waals surface area contributed by atoms with Crippen LogP contribution in [0.5, 0.6) is 0 Å². The van der Waals surface area contributed by atoms with Gasteiger partial charge in [-0.3, -0.25) is 9.36 Å². The molecule has 0 aliphatic rings. The van der Waals surface area contributed by atoms with Crippen molar-refractivity contribution in [2.24, 2.45) is 0 Å². The Morgan fingerprint density at radius 1 is 1.24 bits per heavy atom. The molecule has 0 unspecified atom stereocenters. The Kier molecular flexibility index (Phi) is 3.79. The summed E-state index contributed by atoms with van der Waals surface area (Å²) in [5.74, 6) is 0.518. The van der Waals surface area contributed by atoms with Crippen molar-refractivity contribution in [3.05, 3.63) is 71.4 Å². The number of aromatic nitrogens is 3. The van der Waals surface area contributed by atoms with Crippen LogP contribution in [0.4, 0.5) is 5.69 Å². The molecule has 0 aliphatic heterocycles. The number of pyridine rings is 1. The lowest BCUT2D eigenvalue weighted by Crippen LogP contribution is -2.12. The van der Waals surface area contributed by atoms with Gasteiger partial charge in [-0.2, -0.15) is 0 Å². The Bertz CT molecular complexity index is 754. The van der Waals surface area contributed by atoms with Gasteiger partial charge in [-0.1, -0.05) is 22.0 Å². The Morgan fingerprint density at radius 2 is 2.14 bits per heavy atom. The van der Waals surface area contributed by atoms with Crippen LogP contribution in [-0.2, 0) is 0 Å². The van der Waals surface area contributed by atoms with E-state index in [0.29, 0.717) is 11.4 Å². The van der Waals surface area contributed by atoms with Crippen LogP contribution < -0.4 is 5.32 Å². The minimum absolute atomic E-state index is 0.196. The van der Waals surface area contributed by atoms with E-state index in [0.717, 1.165) is 10.2 Å². The van der Waals surface area contributed by atoms with Crippen molar-refractivity contribution in [1.29, 1.82) is 0 Å². The van der Waals surface area contributed by atoms with E-state index >= 15 is 0 Å². The summed E-state index contributed by atoms with van der Waals surface area (Å²) >= 11 is 3.37. The summed E-state index contributed by atoms with van der Waals surface area (Å²) < 4.78 is 2.68. The summed E-state index contributed by atoms with van der Waals surface area (Å²) in [6, 6.07) is 10.9. The van der Waals surface area contributed by atoms with Crippen molar-refractivity contribution >= 4 is 27.5 Å². The number of rotatable bonds is 3. The van der Waals surface area contributed by atoms with Crippen molar-refractivity contribution in [3.8, 4) is 5.82 Å². The number of hydrogen-bond donors (Lipinski definition) is 1. The average Bonchev–Trinajstić information content (AvgIpc) is 3.01. The molecule has 3 aromatic rings. The minimum Gasteiger partial charge on any atom is -0.322 e. The molecule has 5 nitrogen and oxygen atoms in total. The molecule has 0 saturated heterocycles. The van der Waals surface area contributed by atoms with Crippen molar-refractivity contribution in [3.63, 3.8) is 0 Å². The van der Waals surface area contributed by atoms with E-state index < -0.39 is 0 Å². The lowest BCUT2D eigenvalue weighted by atomic mass is 10.2. The fraction of sp³-hybridized carbons (Fsp3) is 0. The molecule has 21 heavy (non-hydrogen) atoms. The zero-order valence-electron chi connectivity index (χ0n) is 10.9. The summed E-state index contributed by atoms with van der Waals surface area (Å²) in [7, 11) is 0. The number of hydrogen-bond acceptors (Lipinski definition) is 3. The minimum atomic E-state index is -0.196. The highest BCUT2D eigenvalue weighted by atomic mass is 79.9. The maximum absolute atomic E-state index is 12.1. The van der Waals surface area contributed by atoms with Crippen molar-refractivity contribution in [1.82, 2.24) is 14.5 Å². The number of imidazole rings is 1. The first-order chi connectivity index (χ1) is 10.2. The summed E-state index contributed by atoms with van der Waals surface area (Å²) in [5.41, 5.74) is 1.23. The smallest absolute Gasteiger partial charge is 0.257 e. The van der Waals surface area contributed by atoms with Gasteiger partial charge in [0.05, 0.1) is 5.56 Å². The third-order valence-electron chi connectivity index (χ3n) is 2.86. The second-order valence-electron chi connectivity index (χ2n) is 4.34. The van der Waals surface area contributed by atoms with Crippen LogP contribution in [0.2, 0.25) is 0 Å². The molecule has 0 spiro atoms. The predicted molar refractivity (Wildman–Crippen MR) is 83.5 cm³/mol. The fourth-order valence-corrected chi connectivity index (χ4v) is 2.24. The van der Waals surface area contributed by atoms with Gasteiger partial charge < -0.3 is 5.32 Å². The summed E-state index contributed by atoms with van der Waals surface area (Å²) in [6.45, 7) is 0. The van der Waals surface area contributed by atoms with Gasteiger partial charge in [-0.25, -0.2) is 9.97 Å². The number of amides is 1. The quantitative estimate of drug-likeness (QED) is 0.794. The molecule has 0 fully saturated rings. The number of nitrogens with one attached hydrogen (secondary N) is 1. The van der Waals surface area contributed by atoms with E-state index in [1.165, 1.54) is 0 Å². The number of carbonyl (C=O) groups is 1. The normalized spacial score (nSPS) is 10.3. The molecule has 0 aliphatic carbocycles. The SMILES string of the molecule is O=C(Nc1cccc(Br)c1)c1ccc(-n2ccnc2)nc1. The zero-order chi connectivity index (χ0) is 14.7. The fourth-order valence-electron chi connectivity index (χ4n) is 1.84. The van der Waals surface area contributed by atoms with E-state index in [-0.39, 0.29) is 5.91 Å². The molecule has 104 valence electrons. The van der Waals surface area contributed by atoms with E-state index in [1.807, 2.05) is 24.3 Å². The van der Waals surface area contributed by atoms with Gasteiger partial charge in [0.2, 0.25) is 0 Å². The Hall–Kier alpha value is -2.47. The van der Waals surface area contributed by atoms with E-state index in [9.17, 15) is 4.79 Å². The maximum atomic E-state index is 12.1. The van der Waals surface area contributed by atoms with Crippen LogP contribution >= 0.6 is 15.9 Å². The first kappa shape index (κ1) is 13.5. The van der Waals surface area contributed by atoms with E-state index in [4.69, 9.17) is 0 Å². The molecular formula is C15H11BrN4O. The van der Waals surface area contributed by atoms with Gasteiger partial charge in [-0.05, 0) is 30.3 Å². The molecule has 2 heterocycles. The topological polar surface area (TPSA) is 59.8 Å². The largest absolute Gasteiger partial charge is 0.322 e. The van der Waals surface area contributed by atoms with Crippen LogP contribution in [0.25, 0.3) is 5.82 Å². The number of halogens is 1. The van der Waals surface area contributed by atoms with Crippen LogP contribution in [0.1, 0.15) is 10.4 Å². The first-order valence-electron chi connectivity index (χ1n) is 6.24. The Balaban J connectivity index is 1.76. The third kappa shape index (κ3) is 3.17. The van der Waals surface area contributed by atoms with Crippen LogP contribution in [0, 0.1) is 0 Å². The number of nitrogens with zero attached hydrogens (tertiary/aromatic N) is 3. The van der Waals surface area contributed by atoms with Gasteiger partial charge >= 0.3 is 0 Å². The molecule has 1 N–H and O–H groups in total. The van der Waals surface area contributed by atoms with Gasteiger partial charge in [-0.15, -0.1) is 0 Å². The lowest BCUT2D eigenvalue weighted by molar-refractivity contribution is 0.102. The predicted octanol–water partition coefficient (Wildman–Crippen LogP) is 3.28.